The fourth-order valence-corrected chi connectivity index (χ4v) is 7.10. The van der Waals surface area contributed by atoms with Crippen molar-refractivity contribution in [1.82, 2.24) is 0 Å². The van der Waals surface area contributed by atoms with Crippen LogP contribution in [-0.2, 0) is 28.6 Å². The minimum Gasteiger partial charge on any atom is -0.462 e. The zero-order chi connectivity index (χ0) is 42.3. The van der Waals surface area contributed by atoms with Gasteiger partial charge in [-0.1, -0.05) is 218 Å². The third kappa shape index (κ3) is 44.7. The van der Waals surface area contributed by atoms with E-state index in [0.29, 0.717) is 19.3 Å². The average molecular weight is 815 g/mol. The van der Waals surface area contributed by atoms with Gasteiger partial charge in [-0.25, -0.2) is 0 Å². The second kappa shape index (κ2) is 47.3. The third-order valence-electron chi connectivity index (χ3n) is 10.9. The summed E-state index contributed by atoms with van der Waals surface area (Å²) in [4.78, 5) is 37.8. The van der Waals surface area contributed by atoms with E-state index < -0.39 is 6.10 Å². The molecule has 0 amide bonds. The highest BCUT2D eigenvalue weighted by Gasteiger charge is 2.19. The predicted octanol–water partition coefficient (Wildman–Crippen LogP) is 16.1. The van der Waals surface area contributed by atoms with Crippen molar-refractivity contribution in [3.8, 4) is 0 Å². The van der Waals surface area contributed by atoms with Gasteiger partial charge in [-0.3, -0.25) is 14.4 Å². The van der Waals surface area contributed by atoms with E-state index in [1.54, 1.807) is 0 Å². The molecule has 1 atom stereocenters. The molecule has 0 heterocycles. The Morgan fingerprint density at radius 1 is 0.345 bits per heavy atom. The molecule has 0 saturated heterocycles. The Kier molecular flexibility index (Phi) is 45.4. The molecule has 0 fully saturated rings. The minimum absolute atomic E-state index is 0.0728. The summed E-state index contributed by atoms with van der Waals surface area (Å²) in [5, 5.41) is 0. The van der Waals surface area contributed by atoms with Crippen LogP contribution in [0.5, 0.6) is 0 Å². The molecule has 0 N–H and O–H groups in total. The topological polar surface area (TPSA) is 78.9 Å². The Bertz CT molecular complexity index is 984. The first kappa shape index (κ1) is 55.6. The fourth-order valence-electron chi connectivity index (χ4n) is 7.10. The van der Waals surface area contributed by atoms with Gasteiger partial charge in [0.15, 0.2) is 6.10 Å². The number of carbonyl (C=O) groups excluding carboxylic acids is 3. The number of carbonyl (C=O) groups is 3. The first-order valence-electron chi connectivity index (χ1n) is 25.0. The summed E-state index contributed by atoms with van der Waals surface area (Å²) in [7, 11) is 0. The van der Waals surface area contributed by atoms with Crippen LogP contribution >= 0.6 is 0 Å². The van der Waals surface area contributed by atoms with Gasteiger partial charge >= 0.3 is 17.9 Å². The molecular formula is C52H94O6. The quantitative estimate of drug-likeness (QED) is 0.0264. The molecule has 6 heteroatoms. The number of rotatable bonds is 45. The molecule has 338 valence electrons. The van der Waals surface area contributed by atoms with Crippen molar-refractivity contribution in [3.63, 3.8) is 0 Å². The summed E-state index contributed by atoms with van der Waals surface area (Å²) in [6, 6.07) is 0. The van der Waals surface area contributed by atoms with Crippen LogP contribution in [0.1, 0.15) is 258 Å². The molecule has 0 aromatic heterocycles. The Labute approximate surface area is 359 Å². The smallest absolute Gasteiger partial charge is 0.306 e. The Balaban J connectivity index is 4.31. The van der Waals surface area contributed by atoms with Crippen LogP contribution in [0.3, 0.4) is 0 Å². The Morgan fingerprint density at radius 3 is 1.00 bits per heavy atom. The number of ether oxygens (including phenoxy) is 3. The number of esters is 3. The second-order valence-corrected chi connectivity index (χ2v) is 16.7. The highest BCUT2D eigenvalue weighted by molar-refractivity contribution is 5.71. The van der Waals surface area contributed by atoms with Gasteiger partial charge < -0.3 is 14.2 Å². The Hall–Kier alpha value is -2.37. The predicted molar refractivity (Wildman–Crippen MR) is 247 cm³/mol. The SMILES string of the molecule is CCCCC/C=C\C/C=C\C/C=C\CCCCCCCCC(=O)OC[C@@H](COC(=O)CCCCCCCCCCCC)OC(=O)CCCCCCCCCCCCC. The highest BCUT2D eigenvalue weighted by atomic mass is 16.6. The van der Waals surface area contributed by atoms with Gasteiger partial charge in [-0.05, 0) is 57.8 Å². The van der Waals surface area contributed by atoms with Crippen LogP contribution in [0.15, 0.2) is 36.5 Å². The highest BCUT2D eigenvalue weighted by Crippen LogP contribution is 2.15. The number of hydrogen-bond donors (Lipinski definition) is 0. The molecule has 0 aliphatic heterocycles. The van der Waals surface area contributed by atoms with E-state index in [0.717, 1.165) is 77.0 Å². The zero-order valence-electron chi connectivity index (χ0n) is 38.6. The molecule has 0 aliphatic carbocycles. The second-order valence-electron chi connectivity index (χ2n) is 16.7. The van der Waals surface area contributed by atoms with Crippen molar-refractivity contribution in [2.75, 3.05) is 13.2 Å². The van der Waals surface area contributed by atoms with Crippen LogP contribution < -0.4 is 0 Å². The minimum atomic E-state index is -0.770. The van der Waals surface area contributed by atoms with E-state index in [1.165, 1.54) is 141 Å². The van der Waals surface area contributed by atoms with Crippen molar-refractivity contribution in [2.45, 2.75) is 264 Å². The van der Waals surface area contributed by atoms with Crippen molar-refractivity contribution < 1.29 is 28.6 Å². The van der Waals surface area contributed by atoms with Gasteiger partial charge in [0.2, 0.25) is 0 Å². The molecule has 0 saturated carbocycles. The molecule has 0 bridgehead atoms. The monoisotopic (exact) mass is 815 g/mol. The van der Waals surface area contributed by atoms with Crippen molar-refractivity contribution in [2.24, 2.45) is 0 Å². The van der Waals surface area contributed by atoms with E-state index in [2.05, 4.69) is 57.2 Å². The van der Waals surface area contributed by atoms with E-state index >= 15 is 0 Å². The molecule has 0 aromatic rings. The summed E-state index contributed by atoms with van der Waals surface area (Å²) < 4.78 is 16.7. The largest absolute Gasteiger partial charge is 0.462 e. The standard InChI is InChI=1S/C52H94O6/c1-4-7-10-13-16-19-22-23-24-25-26-27-28-29-31-33-36-39-42-45-51(54)57-48-49(47-56-50(53)44-41-38-35-32-21-18-15-12-9-6-3)58-52(55)46-43-40-37-34-30-20-17-14-11-8-5-2/h16,19,23-24,26-27,49H,4-15,17-18,20-22,25,28-48H2,1-3H3/b19-16-,24-23-,27-26-/t49-/m1/s1. The molecule has 0 unspecified atom stereocenters. The normalized spacial score (nSPS) is 12.3. The first-order chi connectivity index (χ1) is 28.5. The van der Waals surface area contributed by atoms with E-state index in [9.17, 15) is 14.4 Å². The zero-order valence-corrected chi connectivity index (χ0v) is 38.6. The van der Waals surface area contributed by atoms with Crippen LogP contribution in [0.2, 0.25) is 0 Å². The number of unbranched alkanes of at least 4 members (excludes halogenated alkanes) is 28. The molecule has 0 spiro atoms. The summed E-state index contributed by atoms with van der Waals surface area (Å²) in [6.45, 7) is 6.59. The van der Waals surface area contributed by atoms with E-state index in [1.807, 2.05) is 0 Å². The summed E-state index contributed by atoms with van der Waals surface area (Å²) in [5.41, 5.74) is 0. The number of allylic oxidation sites excluding steroid dienone is 6. The lowest BCUT2D eigenvalue weighted by Gasteiger charge is -2.18. The lowest BCUT2D eigenvalue weighted by Crippen LogP contribution is -2.30. The van der Waals surface area contributed by atoms with Gasteiger partial charge in [0, 0.05) is 19.3 Å². The summed E-state index contributed by atoms with van der Waals surface area (Å²) >= 11 is 0. The van der Waals surface area contributed by atoms with Crippen LogP contribution in [-0.4, -0.2) is 37.2 Å². The maximum atomic E-state index is 12.7. The lowest BCUT2D eigenvalue weighted by atomic mass is 10.1. The molecule has 6 nitrogen and oxygen atoms in total. The average Bonchev–Trinajstić information content (AvgIpc) is 3.22. The fraction of sp³-hybridized carbons (Fsp3) is 0.827. The van der Waals surface area contributed by atoms with E-state index in [-0.39, 0.29) is 31.1 Å². The maximum Gasteiger partial charge on any atom is 0.306 e. The third-order valence-corrected chi connectivity index (χ3v) is 10.9. The van der Waals surface area contributed by atoms with Gasteiger partial charge in [0.25, 0.3) is 0 Å². The van der Waals surface area contributed by atoms with Crippen molar-refractivity contribution in [3.05, 3.63) is 36.5 Å². The maximum absolute atomic E-state index is 12.7. The molecule has 0 aromatic carbocycles. The molecule has 0 aliphatic rings. The summed E-state index contributed by atoms with van der Waals surface area (Å²) in [6.07, 6.45) is 54.1. The Morgan fingerprint density at radius 2 is 0.621 bits per heavy atom. The molecular weight excluding hydrogens is 721 g/mol. The summed E-state index contributed by atoms with van der Waals surface area (Å²) in [5.74, 6) is -0.880. The lowest BCUT2D eigenvalue weighted by molar-refractivity contribution is -0.167. The van der Waals surface area contributed by atoms with E-state index in [4.69, 9.17) is 14.2 Å². The van der Waals surface area contributed by atoms with Gasteiger partial charge in [-0.2, -0.15) is 0 Å². The number of hydrogen-bond acceptors (Lipinski definition) is 6. The van der Waals surface area contributed by atoms with Crippen molar-refractivity contribution in [1.29, 1.82) is 0 Å². The first-order valence-corrected chi connectivity index (χ1v) is 25.0. The van der Waals surface area contributed by atoms with Crippen LogP contribution in [0.25, 0.3) is 0 Å². The van der Waals surface area contributed by atoms with Gasteiger partial charge in [0.05, 0.1) is 0 Å². The molecule has 0 rings (SSSR count). The van der Waals surface area contributed by atoms with Gasteiger partial charge in [0.1, 0.15) is 13.2 Å². The van der Waals surface area contributed by atoms with Crippen LogP contribution in [0.4, 0.5) is 0 Å². The van der Waals surface area contributed by atoms with Crippen molar-refractivity contribution >= 4 is 17.9 Å². The molecule has 58 heavy (non-hydrogen) atoms. The van der Waals surface area contributed by atoms with Crippen LogP contribution in [0, 0.1) is 0 Å². The molecule has 0 radical (unpaired) electrons. The van der Waals surface area contributed by atoms with Gasteiger partial charge in [-0.15, -0.1) is 0 Å².